The van der Waals surface area contributed by atoms with Crippen LogP contribution in [0.15, 0.2) is 24.3 Å². The maximum Gasteiger partial charge on any atom is 0.293 e. The molecule has 0 unspecified atom stereocenters. The average molecular weight is 291 g/mol. The van der Waals surface area contributed by atoms with Crippen molar-refractivity contribution in [3.63, 3.8) is 0 Å². The van der Waals surface area contributed by atoms with Crippen LogP contribution in [0.2, 0.25) is 0 Å². The van der Waals surface area contributed by atoms with Crippen LogP contribution in [0.4, 0.5) is 4.39 Å². The van der Waals surface area contributed by atoms with E-state index in [9.17, 15) is 9.18 Å². The zero-order chi connectivity index (χ0) is 14.3. The summed E-state index contributed by atoms with van der Waals surface area (Å²) in [6, 6.07) is 6.12. The number of aromatic nitrogens is 4. The number of hydrogen-bond acceptors (Lipinski definition) is 5. The van der Waals surface area contributed by atoms with E-state index in [1.807, 2.05) is 0 Å². The molecule has 0 saturated carbocycles. The maximum atomic E-state index is 13.2. The molecule has 1 amide bonds. The first-order valence-corrected chi connectivity index (χ1v) is 6.58. The predicted octanol–water partition coefficient (Wildman–Crippen LogP) is 1.69. The number of hydrogen-bond donors (Lipinski definition) is 0. The minimum atomic E-state index is -0.335. The molecule has 3 rings (SSSR count). The molecule has 0 saturated heterocycles. The average Bonchev–Trinajstić information content (AvgIpc) is 2.97. The second-order valence-electron chi connectivity index (χ2n) is 4.34. The summed E-state index contributed by atoms with van der Waals surface area (Å²) >= 11 is 1.25. The van der Waals surface area contributed by atoms with Crippen LogP contribution < -0.4 is 0 Å². The first-order chi connectivity index (χ1) is 9.56. The molecule has 1 aromatic carbocycles. The maximum absolute atomic E-state index is 13.2. The quantitative estimate of drug-likeness (QED) is 0.721. The Balaban J connectivity index is 2.10. The Morgan fingerprint density at radius 3 is 2.85 bits per heavy atom. The number of nitrogens with zero attached hydrogens (tertiary/aromatic N) is 5. The van der Waals surface area contributed by atoms with Crippen LogP contribution in [0.1, 0.15) is 10.6 Å². The van der Waals surface area contributed by atoms with Crippen LogP contribution in [-0.2, 0) is 0 Å². The number of carbonyl (C=O) groups excluding carboxylic acids is 1. The van der Waals surface area contributed by atoms with Crippen molar-refractivity contribution >= 4 is 22.2 Å². The van der Waals surface area contributed by atoms with Gasteiger partial charge in [-0.15, -0.1) is 10.2 Å². The predicted molar refractivity (Wildman–Crippen MR) is 72.1 cm³/mol. The first-order valence-electron chi connectivity index (χ1n) is 5.76. The summed E-state index contributed by atoms with van der Waals surface area (Å²) < 4.78 is 14.6. The van der Waals surface area contributed by atoms with Crippen LogP contribution in [0.25, 0.3) is 15.5 Å². The Labute approximate surface area is 117 Å². The van der Waals surface area contributed by atoms with Gasteiger partial charge in [0.25, 0.3) is 5.91 Å². The van der Waals surface area contributed by atoms with Gasteiger partial charge in [0, 0.05) is 19.7 Å². The summed E-state index contributed by atoms with van der Waals surface area (Å²) in [6.45, 7) is 0. The molecule has 0 aliphatic heterocycles. The van der Waals surface area contributed by atoms with E-state index in [1.165, 1.54) is 32.9 Å². The lowest BCUT2D eigenvalue weighted by Gasteiger charge is -2.06. The van der Waals surface area contributed by atoms with Gasteiger partial charge in [0.2, 0.25) is 10.8 Å². The summed E-state index contributed by atoms with van der Waals surface area (Å²) in [5.74, 6) is -0.476. The standard InChI is InChI=1S/C12H10FN5OS/c1-17(2)11(19)9-14-15-12-18(9)16-10(20-12)7-4-3-5-8(13)6-7/h3-6H,1-2H3. The largest absolute Gasteiger partial charge is 0.342 e. The first kappa shape index (κ1) is 12.7. The fourth-order valence-corrected chi connectivity index (χ4v) is 2.52. The molecule has 0 atom stereocenters. The molecule has 102 valence electrons. The van der Waals surface area contributed by atoms with E-state index in [-0.39, 0.29) is 17.5 Å². The summed E-state index contributed by atoms with van der Waals surface area (Å²) in [6.07, 6.45) is 0. The van der Waals surface area contributed by atoms with Gasteiger partial charge in [0.15, 0.2) is 0 Å². The lowest BCUT2D eigenvalue weighted by Crippen LogP contribution is -2.24. The van der Waals surface area contributed by atoms with E-state index in [1.54, 1.807) is 26.2 Å². The highest BCUT2D eigenvalue weighted by Gasteiger charge is 2.20. The number of fused-ring (bicyclic) bond motifs is 1. The second-order valence-corrected chi connectivity index (χ2v) is 5.29. The van der Waals surface area contributed by atoms with E-state index in [4.69, 9.17) is 0 Å². The third-order valence-corrected chi connectivity index (χ3v) is 3.61. The van der Waals surface area contributed by atoms with Crippen molar-refractivity contribution in [2.24, 2.45) is 0 Å². The molecule has 0 spiro atoms. The normalized spacial score (nSPS) is 10.9. The molecule has 2 aromatic heterocycles. The van der Waals surface area contributed by atoms with Gasteiger partial charge in [-0.1, -0.05) is 23.5 Å². The molecular formula is C12H10FN5OS. The highest BCUT2D eigenvalue weighted by atomic mass is 32.1. The van der Waals surface area contributed by atoms with Gasteiger partial charge in [0.1, 0.15) is 10.8 Å². The molecule has 0 radical (unpaired) electrons. The summed E-state index contributed by atoms with van der Waals surface area (Å²) in [4.78, 5) is 13.8. The topological polar surface area (TPSA) is 63.4 Å². The van der Waals surface area contributed by atoms with Crippen LogP contribution in [-0.4, -0.2) is 44.7 Å². The van der Waals surface area contributed by atoms with Gasteiger partial charge >= 0.3 is 0 Å². The molecule has 0 aliphatic rings. The van der Waals surface area contributed by atoms with Crippen molar-refractivity contribution in [1.82, 2.24) is 24.7 Å². The molecule has 3 aromatic rings. The molecule has 6 nitrogen and oxygen atoms in total. The molecule has 0 N–H and O–H groups in total. The van der Waals surface area contributed by atoms with Gasteiger partial charge < -0.3 is 4.90 Å². The van der Waals surface area contributed by atoms with Crippen molar-refractivity contribution in [1.29, 1.82) is 0 Å². The fraction of sp³-hybridized carbons (Fsp3) is 0.167. The number of amides is 1. The van der Waals surface area contributed by atoms with Gasteiger partial charge in [-0.05, 0) is 12.1 Å². The molecule has 8 heteroatoms. The molecular weight excluding hydrogens is 281 g/mol. The number of carbonyl (C=O) groups is 1. The molecule has 0 aliphatic carbocycles. The third kappa shape index (κ3) is 2.03. The van der Waals surface area contributed by atoms with Crippen molar-refractivity contribution in [2.45, 2.75) is 0 Å². The highest BCUT2D eigenvalue weighted by molar-refractivity contribution is 7.19. The summed E-state index contributed by atoms with van der Waals surface area (Å²) in [7, 11) is 3.26. The zero-order valence-corrected chi connectivity index (χ0v) is 11.6. The van der Waals surface area contributed by atoms with Crippen molar-refractivity contribution < 1.29 is 9.18 Å². The molecule has 0 bridgehead atoms. The molecule has 0 fully saturated rings. The smallest absolute Gasteiger partial charge is 0.293 e. The number of benzene rings is 1. The van der Waals surface area contributed by atoms with E-state index >= 15 is 0 Å². The van der Waals surface area contributed by atoms with Gasteiger partial charge in [-0.25, -0.2) is 4.39 Å². The SMILES string of the molecule is CN(C)C(=O)c1nnc2sc(-c3cccc(F)c3)nn12. The van der Waals surface area contributed by atoms with E-state index < -0.39 is 0 Å². The van der Waals surface area contributed by atoms with Gasteiger partial charge in [-0.3, -0.25) is 4.79 Å². The van der Waals surface area contributed by atoms with Gasteiger partial charge in [0.05, 0.1) is 0 Å². The zero-order valence-electron chi connectivity index (χ0n) is 10.7. The highest BCUT2D eigenvalue weighted by Crippen LogP contribution is 2.25. The van der Waals surface area contributed by atoms with Crippen molar-refractivity contribution in [3.8, 4) is 10.6 Å². The summed E-state index contributed by atoms with van der Waals surface area (Å²) in [5.41, 5.74) is 0.642. The molecule has 2 heterocycles. The lowest BCUT2D eigenvalue weighted by atomic mass is 10.2. The van der Waals surface area contributed by atoms with E-state index in [0.717, 1.165) is 0 Å². The Morgan fingerprint density at radius 1 is 1.35 bits per heavy atom. The molecule has 20 heavy (non-hydrogen) atoms. The third-order valence-electron chi connectivity index (χ3n) is 2.66. The van der Waals surface area contributed by atoms with Gasteiger partial charge in [-0.2, -0.15) is 9.61 Å². The lowest BCUT2D eigenvalue weighted by molar-refractivity contribution is 0.0813. The fourth-order valence-electron chi connectivity index (χ4n) is 1.69. The van der Waals surface area contributed by atoms with Crippen LogP contribution in [0.3, 0.4) is 0 Å². The minimum absolute atomic E-state index is 0.143. The Morgan fingerprint density at radius 2 is 2.15 bits per heavy atom. The number of halogens is 1. The van der Waals surface area contributed by atoms with Crippen LogP contribution >= 0.6 is 11.3 Å². The van der Waals surface area contributed by atoms with E-state index in [2.05, 4.69) is 15.3 Å². The van der Waals surface area contributed by atoms with Crippen molar-refractivity contribution in [3.05, 3.63) is 35.9 Å². The second kappa shape index (κ2) is 4.64. The minimum Gasteiger partial charge on any atom is -0.342 e. The Bertz CT molecular complexity index is 794. The van der Waals surface area contributed by atoms with Crippen LogP contribution in [0, 0.1) is 5.82 Å². The van der Waals surface area contributed by atoms with Crippen molar-refractivity contribution in [2.75, 3.05) is 14.1 Å². The number of rotatable bonds is 2. The Kier molecular flexibility index (Phi) is 2.94. The Hall–Kier alpha value is -2.35. The van der Waals surface area contributed by atoms with E-state index in [0.29, 0.717) is 15.5 Å². The summed E-state index contributed by atoms with van der Waals surface area (Å²) in [5, 5.41) is 12.6. The van der Waals surface area contributed by atoms with Crippen LogP contribution in [0.5, 0.6) is 0 Å². The monoisotopic (exact) mass is 291 g/mol.